The Labute approximate surface area is 177 Å². The van der Waals surface area contributed by atoms with Gasteiger partial charge in [0.1, 0.15) is 5.82 Å². The van der Waals surface area contributed by atoms with E-state index in [4.69, 9.17) is 9.90 Å². The van der Waals surface area contributed by atoms with Crippen molar-refractivity contribution in [3.8, 4) is 0 Å². The lowest BCUT2D eigenvalue weighted by Crippen LogP contribution is -2.53. The van der Waals surface area contributed by atoms with Gasteiger partial charge < -0.3 is 10.4 Å². The normalized spacial score (nSPS) is 15.1. The van der Waals surface area contributed by atoms with Crippen molar-refractivity contribution < 1.29 is 19.1 Å². The molecule has 1 heterocycles. The second-order valence-corrected chi connectivity index (χ2v) is 8.15. The van der Waals surface area contributed by atoms with Gasteiger partial charge in [0.2, 0.25) is 0 Å². The lowest BCUT2D eigenvalue weighted by Gasteiger charge is -2.42. The van der Waals surface area contributed by atoms with E-state index in [-0.39, 0.29) is 18.2 Å². The van der Waals surface area contributed by atoms with Gasteiger partial charge >= 0.3 is 0 Å². The van der Waals surface area contributed by atoms with E-state index in [2.05, 4.69) is 24.1 Å². The summed E-state index contributed by atoms with van der Waals surface area (Å²) in [6.45, 7) is 9.76. The van der Waals surface area contributed by atoms with Gasteiger partial charge in [0.15, 0.2) is 0 Å². The highest BCUT2D eigenvalue weighted by Crippen LogP contribution is 2.35. The minimum Gasteiger partial charge on any atom is -0.483 e. The molecule has 0 aliphatic carbocycles. The third kappa shape index (κ3) is 5.25. The van der Waals surface area contributed by atoms with Crippen molar-refractivity contribution in [2.45, 2.75) is 52.1 Å². The van der Waals surface area contributed by atoms with E-state index in [1.54, 1.807) is 12.1 Å². The average molecular weight is 415 g/mol. The molecule has 3 rings (SSSR count). The summed E-state index contributed by atoms with van der Waals surface area (Å²) < 4.78 is 14.7. The first kappa shape index (κ1) is 23.5. The van der Waals surface area contributed by atoms with Crippen LogP contribution in [-0.2, 0) is 4.79 Å². The van der Waals surface area contributed by atoms with Crippen molar-refractivity contribution in [2.75, 3.05) is 13.1 Å². The number of nitrogens with one attached hydrogen (secondary N) is 1. The maximum atomic E-state index is 14.7. The Kier molecular flexibility index (Phi) is 8.12. The van der Waals surface area contributed by atoms with Crippen LogP contribution in [0.4, 0.5) is 4.39 Å². The number of hydrogen-bond acceptors (Lipinski definition) is 3. The zero-order chi connectivity index (χ0) is 22.3. The SMILES string of the molecule is Cc1cccc(C)c1C(=O)NC(c1ccccc1F)C(C)(C)N1CCCC1.O=CO. The first-order chi connectivity index (χ1) is 14.2. The molecule has 2 aromatic rings. The Balaban J connectivity index is 0.00000101. The highest BCUT2D eigenvalue weighted by molar-refractivity contribution is 5.97. The van der Waals surface area contributed by atoms with Gasteiger partial charge in [-0.15, -0.1) is 0 Å². The quantitative estimate of drug-likeness (QED) is 0.708. The molecule has 1 fully saturated rings. The molecule has 0 saturated carbocycles. The molecule has 1 atom stereocenters. The summed E-state index contributed by atoms with van der Waals surface area (Å²) in [5.74, 6) is -0.428. The number of amides is 1. The summed E-state index contributed by atoms with van der Waals surface area (Å²) in [5.41, 5.74) is 2.67. The monoisotopic (exact) mass is 414 g/mol. The Morgan fingerprint density at radius 2 is 1.63 bits per heavy atom. The number of carbonyl (C=O) groups is 2. The van der Waals surface area contributed by atoms with Crippen LogP contribution >= 0.6 is 0 Å². The zero-order valence-corrected chi connectivity index (χ0v) is 18.1. The molecule has 162 valence electrons. The van der Waals surface area contributed by atoms with Crippen molar-refractivity contribution in [3.63, 3.8) is 0 Å². The van der Waals surface area contributed by atoms with Crippen molar-refractivity contribution in [3.05, 3.63) is 70.5 Å². The van der Waals surface area contributed by atoms with Crippen LogP contribution in [-0.4, -0.2) is 41.0 Å². The van der Waals surface area contributed by atoms with Crippen LogP contribution in [0.1, 0.15) is 59.8 Å². The Morgan fingerprint density at radius 3 is 2.17 bits per heavy atom. The summed E-state index contributed by atoms with van der Waals surface area (Å²) >= 11 is 0. The predicted octanol–water partition coefficient (Wildman–Crippen LogP) is 4.49. The predicted molar refractivity (Wildman–Crippen MR) is 116 cm³/mol. The molecule has 0 aromatic heterocycles. The second-order valence-electron chi connectivity index (χ2n) is 8.15. The zero-order valence-electron chi connectivity index (χ0n) is 18.1. The number of rotatable bonds is 5. The van der Waals surface area contributed by atoms with Crippen LogP contribution in [0.3, 0.4) is 0 Å². The lowest BCUT2D eigenvalue weighted by molar-refractivity contribution is -0.122. The molecule has 0 bridgehead atoms. The smallest absolute Gasteiger partial charge is 0.290 e. The van der Waals surface area contributed by atoms with E-state index in [1.807, 2.05) is 38.1 Å². The van der Waals surface area contributed by atoms with Crippen LogP contribution in [0.2, 0.25) is 0 Å². The summed E-state index contributed by atoms with van der Waals surface area (Å²) in [6.07, 6.45) is 2.27. The van der Waals surface area contributed by atoms with Gasteiger partial charge in [0.25, 0.3) is 12.4 Å². The van der Waals surface area contributed by atoms with E-state index in [1.165, 1.54) is 6.07 Å². The largest absolute Gasteiger partial charge is 0.483 e. The fraction of sp³-hybridized carbons (Fsp3) is 0.417. The molecule has 1 amide bonds. The highest BCUT2D eigenvalue weighted by atomic mass is 19.1. The van der Waals surface area contributed by atoms with Crippen molar-refractivity contribution in [1.29, 1.82) is 0 Å². The van der Waals surface area contributed by atoms with Gasteiger partial charge in [-0.2, -0.15) is 0 Å². The molecule has 2 aromatic carbocycles. The van der Waals surface area contributed by atoms with Crippen LogP contribution in [0.15, 0.2) is 42.5 Å². The first-order valence-electron chi connectivity index (χ1n) is 10.2. The Bertz CT molecular complexity index is 856. The van der Waals surface area contributed by atoms with Crippen molar-refractivity contribution in [2.24, 2.45) is 0 Å². The summed E-state index contributed by atoms with van der Waals surface area (Å²) in [7, 11) is 0. The number of carbonyl (C=O) groups excluding carboxylic acids is 1. The van der Waals surface area contributed by atoms with E-state index in [0.29, 0.717) is 11.1 Å². The Morgan fingerprint density at radius 1 is 1.10 bits per heavy atom. The number of carboxylic acid groups (broad SMARTS) is 1. The van der Waals surface area contributed by atoms with Crippen LogP contribution in [0.5, 0.6) is 0 Å². The van der Waals surface area contributed by atoms with Gasteiger partial charge in [0.05, 0.1) is 6.04 Å². The maximum Gasteiger partial charge on any atom is 0.290 e. The van der Waals surface area contributed by atoms with E-state index in [9.17, 15) is 9.18 Å². The molecule has 1 saturated heterocycles. The van der Waals surface area contributed by atoms with Crippen molar-refractivity contribution >= 4 is 12.4 Å². The third-order valence-corrected chi connectivity index (χ3v) is 5.83. The van der Waals surface area contributed by atoms with E-state index >= 15 is 0 Å². The second kappa shape index (κ2) is 10.3. The molecule has 1 unspecified atom stereocenters. The summed E-state index contributed by atoms with van der Waals surface area (Å²) in [5, 5.41) is 10.1. The first-order valence-corrected chi connectivity index (χ1v) is 10.2. The van der Waals surface area contributed by atoms with E-state index in [0.717, 1.165) is 37.1 Å². The fourth-order valence-electron chi connectivity index (χ4n) is 4.20. The van der Waals surface area contributed by atoms with E-state index < -0.39 is 11.6 Å². The van der Waals surface area contributed by atoms with Gasteiger partial charge in [-0.3, -0.25) is 14.5 Å². The average Bonchev–Trinajstić information content (AvgIpc) is 3.23. The fourth-order valence-corrected chi connectivity index (χ4v) is 4.20. The molecule has 2 N–H and O–H groups in total. The highest BCUT2D eigenvalue weighted by Gasteiger charge is 2.40. The van der Waals surface area contributed by atoms with Crippen LogP contribution in [0.25, 0.3) is 0 Å². The number of likely N-dealkylation sites (tertiary alicyclic amines) is 1. The van der Waals surface area contributed by atoms with Gasteiger partial charge in [0, 0.05) is 16.7 Å². The maximum absolute atomic E-state index is 14.7. The lowest BCUT2D eigenvalue weighted by atomic mass is 9.86. The van der Waals surface area contributed by atoms with Crippen molar-refractivity contribution in [1.82, 2.24) is 10.2 Å². The summed E-state index contributed by atoms with van der Waals surface area (Å²) in [6, 6.07) is 12.1. The molecule has 1 aliphatic rings. The molecule has 1 aliphatic heterocycles. The number of halogens is 1. The standard InChI is InChI=1S/C23H29FN2O.CH2O2/c1-16-10-9-11-17(2)20(16)22(27)25-21(18-12-5-6-13-19(18)24)23(3,4)26-14-7-8-15-26;2-1-3/h5-6,9-13,21H,7-8,14-15H2,1-4H3,(H,25,27);1H,(H,2,3). The van der Waals surface area contributed by atoms with Gasteiger partial charge in [-0.25, -0.2) is 4.39 Å². The van der Waals surface area contributed by atoms with Gasteiger partial charge in [-0.1, -0.05) is 36.4 Å². The molecular weight excluding hydrogens is 383 g/mol. The molecule has 6 heteroatoms. The molecule has 5 nitrogen and oxygen atoms in total. The summed E-state index contributed by atoms with van der Waals surface area (Å²) in [4.78, 5) is 23.9. The number of nitrogens with zero attached hydrogens (tertiary/aromatic N) is 1. The number of benzene rings is 2. The number of hydrogen-bond donors (Lipinski definition) is 2. The van der Waals surface area contributed by atoms with Crippen LogP contribution in [0, 0.1) is 19.7 Å². The minimum atomic E-state index is -0.441. The van der Waals surface area contributed by atoms with Crippen LogP contribution < -0.4 is 5.32 Å². The van der Waals surface area contributed by atoms with Gasteiger partial charge in [-0.05, 0) is 70.8 Å². The number of aryl methyl sites for hydroxylation is 2. The Hall–Kier alpha value is -2.73. The third-order valence-electron chi connectivity index (χ3n) is 5.83. The molecule has 0 spiro atoms. The molecule has 0 radical (unpaired) electrons. The molecule has 30 heavy (non-hydrogen) atoms. The minimum absolute atomic E-state index is 0.147. The topological polar surface area (TPSA) is 69.6 Å². The molecular formula is C24H31FN2O3.